The van der Waals surface area contributed by atoms with Crippen molar-refractivity contribution >= 4 is 22.0 Å². The highest BCUT2D eigenvalue weighted by atomic mass is 32.5. The quantitative estimate of drug-likeness (QED) is 0.520. The van der Waals surface area contributed by atoms with Crippen LogP contribution in [0.25, 0.3) is 0 Å². The van der Waals surface area contributed by atoms with Crippen LogP contribution in [0.15, 0.2) is 40.0 Å². The Hall–Kier alpha value is -2.43. The van der Waals surface area contributed by atoms with Crippen molar-refractivity contribution in [3.05, 3.63) is 51.9 Å². The maximum Gasteiger partial charge on any atom is 0.310 e. The Morgan fingerprint density at radius 2 is 1.64 bits per heavy atom. The van der Waals surface area contributed by atoms with Crippen LogP contribution in [0.2, 0.25) is 0 Å². The Balaban J connectivity index is 2.31. The number of ketones is 1. The zero-order chi connectivity index (χ0) is 21.6. The van der Waals surface area contributed by atoms with Crippen molar-refractivity contribution in [2.45, 2.75) is 30.6 Å². The SMILES string of the molecule is CN(C)c1nc(C(=O)CC(C)(C)c2ccc(S(F)(F)(F)(F)F)cc2)cc(=O)[nH]1. The number of halogens is 5. The molecule has 0 aliphatic carbocycles. The lowest BCUT2D eigenvalue weighted by Gasteiger charge is -2.40. The molecule has 0 spiro atoms. The molecule has 0 atom stereocenters. The fourth-order valence-corrected chi connectivity index (χ4v) is 3.21. The van der Waals surface area contributed by atoms with Gasteiger partial charge < -0.3 is 4.90 Å². The van der Waals surface area contributed by atoms with Crippen LogP contribution in [0.4, 0.5) is 25.4 Å². The molecule has 5 nitrogen and oxygen atoms in total. The lowest BCUT2D eigenvalue weighted by molar-refractivity contribution is 0.0953. The number of hydrogen-bond acceptors (Lipinski definition) is 4. The molecule has 0 radical (unpaired) electrons. The molecule has 2 aromatic rings. The number of carbonyl (C=O) groups is 1. The van der Waals surface area contributed by atoms with Crippen LogP contribution in [0.5, 0.6) is 0 Å². The van der Waals surface area contributed by atoms with Gasteiger partial charge in [0, 0.05) is 26.6 Å². The number of carbonyl (C=O) groups excluding carboxylic acids is 1. The van der Waals surface area contributed by atoms with E-state index in [2.05, 4.69) is 9.97 Å². The van der Waals surface area contributed by atoms with Gasteiger partial charge in [0.1, 0.15) is 10.6 Å². The summed E-state index contributed by atoms with van der Waals surface area (Å²) in [5.41, 5.74) is -1.33. The van der Waals surface area contributed by atoms with E-state index in [0.29, 0.717) is 12.1 Å². The monoisotopic (exact) mass is 425 g/mol. The van der Waals surface area contributed by atoms with Crippen LogP contribution in [-0.4, -0.2) is 29.8 Å². The molecule has 0 aliphatic rings. The van der Waals surface area contributed by atoms with Gasteiger partial charge in [-0.1, -0.05) is 45.4 Å². The summed E-state index contributed by atoms with van der Waals surface area (Å²) in [6, 6.07) is 3.52. The number of rotatable bonds is 6. The molecule has 0 saturated carbocycles. The third-order valence-corrected chi connectivity index (χ3v) is 5.29. The van der Waals surface area contributed by atoms with E-state index in [1.807, 2.05) is 0 Å². The standard InChI is InChI=1S/C17H20F5N3O2S/c1-17(2,11-5-7-12(8-6-11)28(18,19,20,21)22)10-14(26)13-9-15(27)24-16(23-13)25(3)4/h5-9H,10H2,1-4H3,(H,23,24,27). The Morgan fingerprint density at radius 3 is 2.11 bits per heavy atom. The van der Waals surface area contributed by atoms with Gasteiger partial charge in [-0.2, -0.15) is 0 Å². The minimum atomic E-state index is -9.75. The fourth-order valence-electron chi connectivity index (χ4n) is 2.56. The summed E-state index contributed by atoms with van der Waals surface area (Å²) in [5, 5.41) is 0. The molecular weight excluding hydrogens is 405 g/mol. The molecule has 2 rings (SSSR count). The van der Waals surface area contributed by atoms with Gasteiger partial charge in [-0.3, -0.25) is 14.6 Å². The zero-order valence-corrected chi connectivity index (χ0v) is 16.4. The van der Waals surface area contributed by atoms with E-state index < -0.39 is 31.9 Å². The van der Waals surface area contributed by atoms with Crippen LogP contribution in [0.1, 0.15) is 36.3 Å². The number of H-pyrrole nitrogens is 1. The van der Waals surface area contributed by atoms with E-state index in [1.165, 1.54) is 4.90 Å². The summed E-state index contributed by atoms with van der Waals surface area (Å²) in [6.07, 6.45) is -0.188. The smallest absolute Gasteiger partial charge is 0.310 e. The van der Waals surface area contributed by atoms with E-state index in [-0.39, 0.29) is 23.6 Å². The van der Waals surface area contributed by atoms with Gasteiger partial charge in [0.05, 0.1) is 0 Å². The zero-order valence-electron chi connectivity index (χ0n) is 15.6. The van der Waals surface area contributed by atoms with Crippen LogP contribution in [0, 0.1) is 0 Å². The average molecular weight is 425 g/mol. The topological polar surface area (TPSA) is 66.1 Å². The molecule has 28 heavy (non-hydrogen) atoms. The normalized spacial score (nSPS) is 14.9. The van der Waals surface area contributed by atoms with Crippen molar-refractivity contribution in [3.63, 3.8) is 0 Å². The highest BCUT2D eigenvalue weighted by molar-refractivity contribution is 8.45. The molecule has 1 aromatic carbocycles. The number of benzene rings is 1. The molecule has 156 valence electrons. The third-order valence-electron chi connectivity index (χ3n) is 4.12. The summed E-state index contributed by atoms with van der Waals surface area (Å²) >= 11 is 0. The van der Waals surface area contributed by atoms with Gasteiger partial charge in [0.15, 0.2) is 5.78 Å². The first-order valence-electron chi connectivity index (χ1n) is 8.05. The van der Waals surface area contributed by atoms with E-state index >= 15 is 0 Å². The van der Waals surface area contributed by atoms with Crippen molar-refractivity contribution < 1.29 is 24.2 Å². The maximum atomic E-state index is 12.8. The van der Waals surface area contributed by atoms with E-state index in [9.17, 15) is 29.0 Å². The highest BCUT2D eigenvalue weighted by Crippen LogP contribution is 3.02. The predicted octanol–water partition coefficient (Wildman–Crippen LogP) is 5.04. The Bertz CT molecular complexity index is 968. The van der Waals surface area contributed by atoms with E-state index in [1.54, 1.807) is 27.9 Å². The molecule has 0 bridgehead atoms. The first-order chi connectivity index (χ1) is 12.4. The van der Waals surface area contributed by atoms with Gasteiger partial charge in [0.25, 0.3) is 5.56 Å². The molecule has 1 N–H and O–H groups in total. The minimum Gasteiger partial charge on any atom is -0.348 e. The lowest BCUT2D eigenvalue weighted by atomic mass is 9.80. The van der Waals surface area contributed by atoms with Crippen LogP contribution >= 0.6 is 10.2 Å². The second kappa shape index (κ2) is 6.03. The number of nitrogens with one attached hydrogen (secondary N) is 1. The molecule has 0 amide bonds. The fraction of sp³-hybridized carbons (Fsp3) is 0.353. The molecular formula is C17H20F5N3O2S. The van der Waals surface area contributed by atoms with Gasteiger partial charge in [0.2, 0.25) is 5.95 Å². The molecule has 11 heteroatoms. The summed E-state index contributed by atoms with van der Waals surface area (Å²) < 4.78 is 64.2. The molecule has 0 unspecified atom stereocenters. The minimum absolute atomic E-state index is 0.0934. The van der Waals surface area contributed by atoms with Crippen LogP contribution in [0.3, 0.4) is 0 Å². The maximum absolute atomic E-state index is 12.8. The largest absolute Gasteiger partial charge is 0.348 e. The molecule has 0 aliphatic heterocycles. The predicted molar refractivity (Wildman–Crippen MR) is 99.0 cm³/mol. The van der Waals surface area contributed by atoms with Crippen molar-refractivity contribution in [1.29, 1.82) is 0 Å². The highest BCUT2D eigenvalue weighted by Gasteiger charge is 2.65. The van der Waals surface area contributed by atoms with E-state index in [4.69, 9.17) is 0 Å². The molecule has 0 fully saturated rings. The molecule has 0 saturated heterocycles. The van der Waals surface area contributed by atoms with Crippen molar-refractivity contribution in [1.82, 2.24) is 9.97 Å². The number of nitrogens with zero attached hydrogens (tertiary/aromatic N) is 2. The first-order valence-corrected chi connectivity index (χ1v) is 10.0. The molecule has 1 aromatic heterocycles. The van der Waals surface area contributed by atoms with Crippen molar-refractivity contribution in [2.75, 3.05) is 19.0 Å². The van der Waals surface area contributed by atoms with Gasteiger partial charge >= 0.3 is 10.2 Å². The first kappa shape index (κ1) is 21.9. The lowest BCUT2D eigenvalue weighted by Crippen LogP contribution is -2.25. The van der Waals surface area contributed by atoms with Crippen LogP contribution < -0.4 is 10.5 Å². The average Bonchev–Trinajstić information content (AvgIpc) is 2.52. The van der Waals surface area contributed by atoms with Crippen molar-refractivity contribution in [2.24, 2.45) is 0 Å². The summed E-state index contributed by atoms with van der Waals surface area (Å²) in [4.78, 5) is 30.3. The summed E-state index contributed by atoms with van der Waals surface area (Å²) in [5.74, 6) is -0.329. The number of Topliss-reactive ketones (excluding diaryl/α,β-unsaturated/α-hetero) is 1. The second-order valence-electron chi connectivity index (χ2n) is 7.33. The summed E-state index contributed by atoms with van der Waals surface area (Å²) in [6.45, 7) is 3.17. The Labute approximate surface area is 158 Å². The van der Waals surface area contributed by atoms with E-state index in [0.717, 1.165) is 18.2 Å². The third kappa shape index (κ3) is 5.09. The number of anilines is 1. The van der Waals surface area contributed by atoms with Gasteiger partial charge in [-0.15, -0.1) is 0 Å². The van der Waals surface area contributed by atoms with Crippen LogP contribution in [-0.2, 0) is 5.41 Å². The summed E-state index contributed by atoms with van der Waals surface area (Å²) in [7, 11) is -6.51. The van der Waals surface area contributed by atoms with Gasteiger partial charge in [-0.25, -0.2) is 4.98 Å². The Kier molecular flexibility index (Phi) is 4.71. The number of aromatic nitrogens is 2. The number of aromatic amines is 1. The Morgan fingerprint density at radius 1 is 1.11 bits per heavy atom. The second-order valence-corrected chi connectivity index (χ2v) is 9.74. The molecule has 1 heterocycles. The van der Waals surface area contributed by atoms with Crippen molar-refractivity contribution in [3.8, 4) is 0 Å². The number of hydrogen-bond donors (Lipinski definition) is 1. The van der Waals surface area contributed by atoms with Gasteiger partial charge in [-0.05, 0) is 23.1 Å².